The first-order valence-electron chi connectivity index (χ1n) is 8.94. The average Bonchev–Trinajstić information content (AvgIpc) is 2.64. The molecule has 0 fully saturated rings. The van der Waals surface area contributed by atoms with Gasteiger partial charge in [0.1, 0.15) is 11.7 Å². The maximum Gasteiger partial charge on any atom is 0.294 e. The van der Waals surface area contributed by atoms with Gasteiger partial charge in [0.25, 0.3) is 20.2 Å². The van der Waals surface area contributed by atoms with Crippen LogP contribution in [0.15, 0.2) is 29.2 Å². The summed E-state index contributed by atoms with van der Waals surface area (Å²) in [4.78, 5) is 11.8. The Morgan fingerprint density at radius 1 is 0.938 bits per heavy atom. The van der Waals surface area contributed by atoms with Crippen LogP contribution in [0.1, 0.15) is 18.7 Å². The molecule has 1 aromatic heterocycles. The third-order valence-corrected chi connectivity index (χ3v) is 5.76. The molecule has 0 amide bonds. The fourth-order valence-corrected chi connectivity index (χ4v) is 3.70. The van der Waals surface area contributed by atoms with Crippen LogP contribution in [0.3, 0.4) is 0 Å². The number of nitrogens with one attached hydrogen (secondary N) is 3. The molecular formula is C15H22N6O8S3. The van der Waals surface area contributed by atoms with E-state index in [1.165, 1.54) is 18.2 Å². The van der Waals surface area contributed by atoms with Gasteiger partial charge in [-0.25, -0.2) is 13.1 Å². The zero-order chi connectivity index (χ0) is 24.0. The normalized spacial score (nSPS) is 12.5. The molecule has 32 heavy (non-hydrogen) atoms. The van der Waals surface area contributed by atoms with Gasteiger partial charge in [-0.3, -0.25) is 9.11 Å². The summed E-state index contributed by atoms with van der Waals surface area (Å²) in [7, 11) is -12.1. The van der Waals surface area contributed by atoms with Crippen molar-refractivity contribution in [2.75, 3.05) is 29.3 Å². The molecule has 0 aliphatic heterocycles. The van der Waals surface area contributed by atoms with E-state index in [-0.39, 0.29) is 41.3 Å². The molecule has 0 saturated heterocycles. The fraction of sp³-hybridized carbons (Fsp3) is 0.400. The summed E-state index contributed by atoms with van der Waals surface area (Å²) < 4.78 is 87.2. The Hall–Kier alpha value is -2.44. The molecule has 178 valence electrons. The Bertz CT molecular complexity index is 1270. The standard InChI is InChI=1S/C15H22N6O8S3/c1-30(22,23)17-8-3-2-7-13-19-14(16-10-31(24,25)26)21-15(20-13)18-11-5-4-6-12(9-11)32(27,28)29/h4-6,9,17H,2-3,7-8,10H2,1H3,(H,24,25,26)(H,27,28,29)(H2,16,18,19,20,21). The summed E-state index contributed by atoms with van der Waals surface area (Å²) >= 11 is 0. The lowest BCUT2D eigenvalue weighted by atomic mass is 10.2. The van der Waals surface area contributed by atoms with Gasteiger partial charge in [-0.1, -0.05) is 6.07 Å². The van der Waals surface area contributed by atoms with Crippen molar-refractivity contribution < 1.29 is 34.4 Å². The summed E-state index contributed by atoms with van der Waals surface area (Å²) in [5.41, 5.74) is 0.218. The second-order valence-electron chi connectivity index (χ2n) is 6.55. The Morgan fingerprint density at radius 3 is 2.25 bits per heavy atom. The molecule has 5 N–H and O–H groups in total. The minimum atomic E-state index is -4.44. The molecule has 0 aliphatic carbocycles. The monoisotopic (exact) mass is 510 g/mol. The van der Waals surface area contributed by atoms with E-state index in [2.05, 4.69) is 30.3 Å². The molecule has 17 heteroatoms. The van der Waals surface area contributed by atoms with Crippen LogP contribution >= 0.6 is 0 Å². The highest BCUT2D eigenvalue weighted by Crippen LogP contribution is 2.19. The number of rotatable bonds is 12. The van der Waals surface area contributed by atoms with Crippen molar-refractivity contribution in [1.82, 2.24) is 19.7 Å². The molecule has 0 spiro atoms. The molecular weight excluding hydrogens is 488 g/mol. The fourth-order valence-electron chi connectivity index (χ4n) is 2.35. The molecule has 0 aliphatic rings. The Morgan fingerprint density at radius 2 is 1.62 bits per heavy atom. The SMILES string of the molecule is CS(=O)(=O)NCCCCc1nc(NCS(=O)(=O)O)nc(Nc2cccc(S(=O)(=O)O)c2)n1. The Balaban J connectivity index is 2.20. The molecule has 0 atom stereocenters. The van der Waals surface area contributed by atoms with Crippen molar-refractivity contribution in [3.05, 3.63) is 30.1 Å². The van der Waals surface area contributed by atoms with Crippen LogP contribution in [0.4, 0.5) is 17.6 Å². The van der Waals surface area contributed by atoms with Crippen molar-refractivity contribution in [3.63, 3.8) is 0 Å². The third-order valence-electron chi connectivity index (χ3n) is 3.67. The quantitative estimate of drug-likeness (QED) is 0.188. The smallest absolute Gasteiger partial charge is 0.294 e. The zero-order valence-electron chi connectivity index (χ0n) is 16.8. The van der Waals surface area contributed by atoms with Crippen molar-refractivity contribution in [2.45, 2.75) is 24.2 Å². The minimum Gasteiger partial charge on any atom is -0.338 e. The molecule has 2 rings (SSSR count). The van der Waals surface area contributed by atoms with E-state index in [0.717, 1.165) is 12.3 Å². The lowest BCUT2D eigenvalue weighted by molar-refractivity contribution is 0.481. The van der Waals surface area contributed by atoms with Gasteiger partial charge in [0.2, 0.25) is 21.9 Å². The second kappa shape index (κ2) is 10.5. The van der Waals surface area contributed by atoms with E-state index >= 15 is 0 Å². The summed E-state index contributed by atoms with van der Waals surface area (Å²) in [5, 5.41) is 5.08. The van der Waals surface area contributed by atoms with Gasteiger partial charge in [-0.15, -0.1) is 0 Å². The van der Waals surface area contributed by atoms with E-state index in [1.54, 1.807) is 0 Å². The van der Waals surface area contributed by atoms with Gasteiger partial charge >= 0.3 is 0 Å². The topological polar surface area (TPSA) is 218 Å². The highest BCUT2D eigenvalue weighted by molar-refractivity contribution is 7.88. The summed E-state index contributed by atoms with van der Waals surface area (Å²) in [6.45, 7) is 0.214. The minimum absolute atomic E-state index is 0.0606. The van der Waals surface area contributed by atoms with Gasteiger partial charge in [0, 0.05) is 18.7 Å². The largest absolute Gasteiger partial charge is 0.338 e. The number of benzene rings is 1. The van der Waals surface area contributed by atoms with Crippen LogP contribution in [0, 0.1) is 0 Å². The third kappa shape index (κ3) is 9.79. The van der Waals surface area contributed by atoms with Gasteiger partial charge in [0.05, 0.1) is 11.2 Å². The molecule has 1 heterocycles. The summed E-state index contributed by atoms with van der Waals surface area (Å²) in [6.07, 6.45) is 2.29. The first-order chi connectivity index (χ1) is 14.7. The molecule has 1 aromatic carbocycles. The van der Waals surface area contributed by atoms with Crippen LogP contribution in [0.5, 0.6) is 0 Å². The maximum atomic E-state index is 11.3. The maximum absolute atomic E-state index is 11.3. The van der Waals surface area contributed by atoms with Crippen LogP contribution < -0.4 is 15.4 Å². The highest BCUT2D eigenvalue weighted by atomic mass is 32.2. The van der Waals surface area contributed by atoms with Crippen molar-refractivity contribution in [1.29, 1.82) is 0 Å². The van der Waals surface area contributed by atoms with E-state index in [0.29, 0.717) is 12.8 Å². The number of sulfonamides is 1. The zero-order valence-corrected chi connectivity index (χ0v) is 19.2. The van der Waals surface area contributed by atoms with Gasteiger partial charge in [0.15, 0.2) is 0 Å². The number of aryl methyl sites for hydroxylation is 1. The Kier molecular flexibility index (Phi) is 8.43. The number of hydrogen-bond acceptors (Lipinski definition) is 11. The number of unbranched alkanes of at least 4 members (excludes halogenated alkanes) is 1. The van der Waals surface area contributed by atoms with Crippen LogP contribution in [0.2, 0.25) is 0 Å². The number of nitrogens with zero attached hydrogens (tertiary/aromatic N) is 3. The molecule has 0 unspecified atom stereocenters. The molecule has 14 nitrogen and oxygen atoms in total. The highest BCUT2D eigenvalue weighted by Gasteiger charge is 2.13. The first kappa shape index (κ1) is 25.8. The lowest BCUT2D eigenvalue weighted by Gasteiger charge is -2.10. The lowest BCUT2D eigenvalue weighted by Crippen LogP contribution is -2.23. The van der Waals surface area contributed by atoms with Crippen molar-refractivity contribution in [2.24, 2.45) is 0 Å². The number of anilines is 3. The summed E-state index contributed by atoms with van der Waals surface area (Å²) in [6, 6.07) is 5.18. The van der Waals surface area contributed by atoms with E-state index in [1.807, 2.05) is 0 Å². The van der Waals surface area contributed by atoms with E-state index in [4.69, 9.17) is 4.55 Å². The number of aromatic nitrogens is 3. The predicted molar refractivity (Wildman–Crippen MR) is 115 cm³/mol. The molecule has 2 aromatic rings. The average molecular weight is 511 g/mol. The van der Waals surface area contributed by atoms with Gasteiger partial charge in [-0.05, 0) is 31.0 Å². The first-order valence-corrected chi connectivity index (χ1v) is 13.9. The Labute approximate surface area is 185 Å². The number of hydrogen-bond donors (Lipinski definition) is 5. The van der Waals surface area contributed by atoms with Crippen LogP contribution in [0.25, 0.3) is 0 Å². The van der Waals surface area contributed by atoms with E-state index in [9.17, 15) is 29.8 Å². The van der Waals surface area contributed by atoms with Crippen molar-refractivity contribution >= 4 is 47.8 Å². The van der Waals surface area contributed by atoms with Gasteiger partial charge in [-0.2, -0.15) is 31.8 Å². The van der Waals surface area contributed by atoms with E-state index < -0.39 is 36.1 Å². The van der Waals surface area contributed by atoms with Crippen LogP contribution in [-0.4, -0.2) is 68.0 Å². The van der Waals surface area contributed by atoms with Gasteiger partial charge < -0.3 is 10.6 Å². The second-order valence-corrected chi connectivity index (χ2v) is 11.3. The molecule has 0 saturated carbocycles. The van der Waals surface area contributed by atoms with Crippen molar-refractivity contribution in [3.8, 4) is 0 Å². The molecule has 0 radical (unpaired) electrons. The summed E-state index contributed by atoms with van der Waals surface area (Å²) in [5.74, 6) is -0.859. The predicted octanol–water partition coefficient (Wildman–Crippen LogP) is -0.00900. The molecule has 0 bridgehead atoms. The van der Waals surface area contributed by atoms with Crippen LogP contribution in [-0.2, 0) is 36.7 Å².